The number of anilines is 1. The Bertz CT molecular complexity index is 722. The van der Waals surface area contributed by atoms with E-state index in [2.05, 4.69) is 29.0 Å². The van der Waals surface area contributed by atoms with Crippen molar-refractivity contribution >= 4 is 11.7 Å². The standard InChI is InChI=1S/C21H28N4O/c1-16(2)15-22-21(26)18-14-19(25-12-8-3-4-9-13-25)24-20(23-18)17-10-6-5-7-11-17/h5-7,10-11,14,16H,3-4,8-9,12-13,15H2,1-2H3,(H,22,26). The van der Waals surface area contributed by atoms with Crippen LogP contribution in [0.3, 0.4) is 0 Å². The molecule has 0 bridgehead atoms. The zero-order valence-electron chi connectivity index (χ0n) is 15.7. The lowest BCUT2D eigenvalue weighted by Gasteiger charge is -2.22. The van der Waals surface area contributed by atoms with E-state index in [1.54, 1.807) is 0 Å². The minimum absolute atomic E-state index is 0.130. The van der Waals surface area contributed by atoms with E-state index in [0.717, 1.165) is 24.5 Å². The van der Waals surface area contributed by atoms with Crippen LogP contribution in [-0.4, -0.2) is 35.5 Å². The molecule has 1 aromatic heterocycles. The molecule has 1 saturated heterocycles. The van der Waals surface area contributed by atoms with Crippen molar-refractivity contribution in [2.45, 2.75) is 39.5 Å². The molecule has 1 fully saturated rings. The zero-order chi connectivity index (χ0) is 18.4. The van der Waals surface area contributed by atoms with E-state index in [1.165, 1.54) is 25.7 Å². The van der Waals surface area contributed by atoms with Crippen LogP contribution >= 0.6 is 0 Å². The van der Waals surface area contributed by atoms with Crippen molar-refractivity contribution in [3.63, 3.8) is 0 Å². The van der Waals surface area contributed by atoms with Gasteiger partial charge in [0.05, 0.1) is 0 Å². The lowest BCUT2D eigenvalue weighted by atomic mass is 10.2. The number of carbonyl (C=O) groups excluding carboxylic acids is 1. The first-order valence-electron chi connectivity index (χ1n) is 9.61. The Morgan fingerprint density at radius 1 is 1.08 bits per heavy atom. The largest absolute Gasteiger partial charge is 0.356 e. The maximum atomic E-state index is 12.6. The molecule has 138 valence electrons. The SMILES string of the molecule is CC(C)CNC(=O)c1cc(N2CCCCCC2)nc(-c2ccccc2)n1. The number of nitrogens with zero attached hydrogens (tertiary/aromatic N) is 3. The van der Waals surface area contributed by atoms with Gasteiger partial charge < -0.3 is 10.2 Å². The monoisotopic (exact) mass is 352 g/mol. The zero-order valence-corrected chi connectivity index (χ0v) is 15.7. The van der Waals surface area contributed by atoms with E-state index < -0.39 is 0 Å². The van der Waals surface area contributed by atoms with Gasteiger partial charge in [-0.1, -0.05) is 57.0 Å². The molecule has 2 aromatic rings. The van der Waals surface area contributed by atoms with Crippen molar-refractivity contribution in [1.82, 2.24) is 15.3 Å². The Labute approximate surface area is 155 Å². The molecule has 0 saturated carbocycles. The third kappa shape index (κ3) is 4.81. The summed E-state index contributed by atoms with van der Waals surface area (Å²) in [4.78, 5) is 24.2. The third-order valence-electron chi connectivity index (χ3n) is 4.58. The number of hydrogen-bond acceptors (Lipinski definition) is 4. The summed E-state index contributed by atoms with van der Waals surface area (Å²) < 4.78 is 0. The van der Waals surface area contributed by atoms with Gasteiger partial charge in [-0.05, 0) is 18.8 Å². The molecular formula is C21H28N4O. The van der Waals surface area contributed by atoms with Gasteiger partial charge >= 0.3 is 0 Å². The molecule has 1 aromatic carbocycles. The van der Waals surface area contributed by atoms with Gasteiger partial charge in [-0.3, -0.25) is 4.79 Å². The first kappa shape index (κ1) is 18.4. The Morgan fingerprint density at radius 3 is 2.42 bits per heavy atom. The van der Waals surface area contributed by atoms with Crippen LogP contribution in [-0.2, 0) is 0 Å². The van der Waals surface area contributed by atoms with Crippen LogP contribution in [0, 0.1) is 5.92 Å². The summed E-state index contributed by atoms with van der Waals surface area (Å²) in [5.74, 6) is 1.74. The smallest absolute Gasteiger partial charge is 0.270 e. The summed E-state index contributed by atoms with van der Waals surface area (Å²) in [6.07, 6.45) is 4.85. The predicted molar refractivity (Wildman–Crippen MR) is 105 cm³/mol. The van der Waals surface area contributed by atoms with E-state index in [9.17, 15) is 4.79 Å². The fraction of sp³-hybridized carbons (Fsp3) is 0.476. The quantitative estimate of drug-likeness (QED) is 0.886. The maximum absolute atomic E-state index is 12.6. The molecule has 0 spiro atoms. The highest BCUT2D eigenvalue weighted by atomic mass is 16.1. The molecular weight excluding hydrogens is 324 g/mol. The molecule has 1 amide bonds. The average Bonchev–Trinajstić information content (AvgIpc) is 2.96. The van der Waals surface area contributed by atoms with Crippen LogP contribution in [0.15, 0.2) is 36.4 Å². The van der Waals surface area contributed by atoms with Gasteiger partial charge in [-0.2, -0.15) is 0 Å². The Balaban J connectivity index is 1.94. The molecule has 2 heterocycles. The molecule has 26 heavy (non-hydrogen) atoms. The summed E-state index contributed by atoms with van der Waals surface area (Å²) in [7, 11) is 0. The topological polar surface area (TPSA) is 58.1 Å². The van der Waals surface area contributed by atoms with Crippen molar-refractivity contribution in [3.8, 4) is 11.4 Å². The average molecular weight is 352 g/mol. The minimum Gasteiger partial charge on any atom is -0.356 e. The first-order chi connectivity index (χ1) is 12.6. The van der Waals surface area contributed by atoms with E-state index in [-0.39, 0.29) is 5.91 Å². The van der Waals surface area contributed by atoms with Gasteiger partial charge in [0.25, 0.3) is 5.91 Å². The minimum atomic E-state index is -0.130. The lowest BCUT2D eigenvalue weighted by Crippen LogP contribution is -2.30. The molecule has 0 aliphatic carbocycles. The Hall–Kier alpha value is -2.43. The van der Waals surface area contributed by atoms with Gasteiger partial charge in [-0.15, -0.1) is 0 Å². The predicted octanol–water partition coefficient (Wildman–Crippen LogP) is 3.91. The second-order valence-electron chi connectivity index (χ2n) is 7.31. The van der Waals surface area contributed by atoms with Crippen LogP contribution in [0.25, 0.3) is 11.4 Å². The summed E-state index contributed by atoms with van der Waals surface area (Å²) in [6, 6.07) is 11.7. The molecule has 0 radical (unpaired) electrons. The lowest BCUT2D eigenvalue weighted by molar-refractivity contribution is 0.0944. The molecule has 1 aliphatic rings. The molecule has 0 unspecified atom stereocenters. The van der Waals surface area contributed by atoms with E-state index in [0.29, 0.717) is 24.0 Å². The van der Waals surface area contributed by atoms with E-state index in [1.807, 2.05) is 36.4 Å². The summed E-state index contributed by atoms with van der Waals surface area (Å²) in [5.41, 5.74) is 1.38. The van der Waals surface area contributed by atoms with Crippen LogP contribution < -0.4 is 10.2 Å². The number of aromatic nitrogens is 2. The summed E-state index contributed by atoms with van der Waals surface area (Å²) in [6.45, 7) is 6.77. The highest BCUT2D eigenvalue weighted by Crippen LogP contribution is 2.22. The maximum Gasteiger partial charge on any atom is 0.270 e. The molecule has 5 heteroatoms. The van der Waals surface area contributed by atoms with Gasteiger partial charge in [0.15, 0.2) is 5.82 Å². The first-order valence-corrected chi connectivity index (χ1v) is 9.61. The van der Waals surface area contributed by atoms with E-state index in [4.69, 9.17) is 4.98 Å². The van der Waals surface area contributed by atoms with Crippen molar-refractivity contribution < 1.29 is 4.79 Å². The summed E-state index contributed by atoms with van der Waals surface area (Å²) >= 11 is 0. The highest BCUT2D eigenvalue weighted by Gasteiger charge is 2.17. The third-order valence-corrected chi connectivity index (χ3v) is 4.58. The number of carbonyl (C=O) groups is 1. The van der Waals surface area contributed by atoms with Crippen LogP contribution in [0.4, 0.5) is 5.82 Å². The Kier molecular flexibility index (Phi) is 6.21. The van der Waals surface area contributed by atoms with Gasteiger partial charge in [-0.25, -0.2) is 9.97 Å². The van der Waals surface area contributed by atoms with Gasteiger partial charge in [0.2, 0.25) is 0 Å². The van der Waals surface area contributed by atoms with Gasteiger partial charge in [0.1, 0.15) is 11.5 Å². The van der Waals surface area contributed by atoms with E-state index >= 15 is 0 Å². The number of hydrogen-bond donors (Lipinski definition) is 1. The fourth-order valence-corrected chi connectivity index (χ4v) is 3.12. The second kappa shape index (κ2) is 8.79. The summed E-state index contributed by atoms with van der Waals surface area (Å²) in [5, 5.41) is 2.97. The number of rotatable bonds is 5. The Morgan fingerprint density at radius 2 is 1.77 bits per heavy atom. The number of nitrogens with one attached hydrogen (secondary N) is 1. The van der Waals surface area contributed by atoms with Crippen LogP contribution in [0.5, 0.6) is 0 Å². The van der Waals surface area contributed by atoms with Crippen molar-refractivity contribution in [1.29, 1.82) is 0 Å². The molecule has 1 aliphatic heterocycles. The second-order valence-corrected chi connectivity index (χ2v) is 7.31. The molecule has 1 N–H and O–H groups in total. The molecule has 0 atom stereocenters. The van der Waals surface area contributed by atoms with Crippen molar-refractivity contribution in [2.75, 3.05) is 24.5 Å². The van der Waals surface area contributed by atoms with Crippen LogP contribution in [0.1, 0.15) is 50.0 Å². The van der Waals surface area contributed by atoms with Crippen LogP contribution in [0.2, 0.25) is 0 Å². The number of benzene rings is 1. The molecule has 5 nitrogen and oxygen atoms in total. The normalized spacial score (nSPS) is 15.0. The van der Waals surface area contributed by atoms with Gasteiger partial charge in [0, 0.05) is 31.3 Å². The van der Waals surface area contributed by atoms with Crippen molar-refractivity contribution in [2.24, 2.45) is 5.92 Å². The van der Waals surface area contributed by atoms with Crippen molar-refractivity contribution in [3.05, 3.63) is 42.1 Å². The molecule has 3 rings (SSSR count). The number of amides is 1. The fourth-order valence-electron chi connectivity index (χ4n) is 3.12. The highest BCUT2D eigenvalue weighted by molar-refractivity contribution is 5.93.